The van der Waals surface area contributed by atoms with Crippen LogP contribution in [0.2, 0.25) is 0 Å². The molecule has 13 heteroatoms. The number of carbonyl (C=O) groups is 3. The Morgan fingerprint density at radius 1 is 0.778 bits per heavy atom. The minimum atomic E-state index is -1.12. The fraction of sp³-hybridized carbons (Fsp3) is 0.375. The van der Waals surface area contributed by atoms with Gasteiger partial charge < -0.3 is 43.2 Å². The third-order valence-corrected chi connectivity index (χ3v) is 6.79. The average molecular weight is 627 g/mol. The van der Waals surface area contributed by atoms with Crippen molar-refractivity contribution in [1.82, 2.24) is 10.3 Å². The smallest absolute Gasteiger partial charge is 0.328 e. The first-order valence-electron chi connectivity index (χ1n) is 13.8. The Hall–Kier alpha value is -5.20. The Kier molecular flexibility index (Phi) is 12.2. The van der Waals surface area contributed by atoms with E-state index < -0.39 is 42.7 Å². The largest absolute Gasteiger partial charge is 0.497 e. The Balaban J connectivity index is 1.92. The number of esters is 2. The highest BCUT2D eigenvalue weighted by Crippen LogP contribution is 2.42. The molecule has 242 valence electrons. The number of pyridine rings is 1. The van der Waals surface area contributed by atoms with E-state index in [9.17, 15) is 14.4 Å². The summed E-state index contributed by atoms with van der Waals surface area (Å²) in [6.07, 6.45) is 0.530. The molecule has 0 saturated carbocycles. The summed E-state index contributed by atoms with van der Waals surface area (Å²) in [5.41, 5.74) is 1.14. The van der Waals surface area contributed by atoms with E-state index in [2.05, 4.69) is 10.3 Å². The van der Waals surface area contributed by atoms with Gasteiger partial charge in [-0.2, -0.15) is 0 Å². The van der Waals surface area contributed by atoms with Gasteiger partial charge in [0.1, 0.15) is 35.1 Å². The molecule has 0 radical (unpaired) electrons. The molecule has 0 fully saturated rings. The average Bonchev–Trinajstić information content (AvgIpc) is 3.04. The van der Waals surface area contributed by atoms with Gasteiger partial charge in [0.25, 0.3) is 5.91 Å². The third kappa shape index (κ3) is 8.46. The first-order chi connectivity index (χ1) is 21.6. The fourth-order valence-electron chi connectivity index (χ4n) is 4.58. The molecule has 0 saturated heterocycles. The van der Waals surface area contributed by atoms with Crippen molar-refractivity contribution in [2.24, 2.45) is 0 Å². The molecular formula is C32H38N2O11. The summed E-state index contributed by atoms with van der Waals surface area (Å²) in [4.78, 5) is 41.9. The summed E-state index contributed by atoms with van der Waals surface area (Å²) < 4.78 is 43.8. The van der Waals surface area contributed by atoms with Crippen molar-refractivity contribution in [2.45, 2.75) is 38.8 Å². The van der Waals surface area contributed by atoms with E-state index in [0.717, 1.165) is 0 Å². The molecule has 45 heavy (non-hydrogen) atoms. The van der Waals surface area contributed by atoms with E-state index in [1.165, 1.54) is 47.4 Å². The van der Waals surface area contributed by atoms with E-state index in [1.54, 1.807) is 57.5 Å². The van der Waals surface area contributed by atoms with Gasteiger partial charge in [-0.05, 0) is 50.2 Å². The zero-order valence-corrected chi connectivity index (χ0v) is 26.5. The standard InChI is InChI=1S/C32H38N2O11/c1-18(34-31(36)29-30(44-17-43-20(3)35)27(42-8)13-14-33-29)32(37)45-19(2)28(23-15-21(38-4)9-11-25(23)40-6)24-16-22(39-5)10-12-26(24)41-7/h9-16,18-19,28H,17H2,1-8H3,(H,34,36)/t18-,19-/m0/s1. The number of aromatic nitrogens is 1. The first kappa shape index (κ1) is 34.3. The molecule has 3 aromatic rings. The maximum absolute atomic E-state index is 13.4. The van der Waals surface area contributed by atoms with Crippen LogP contribution in [0.4, 0.5) is 0 Å². The maximum atomic E-state index is 13.4. The van der Waals surface area contributed by atoms with Crippen LogP contribution in [0.15, 0.2) is 48.7 Å². The van der Waals surface area contributed by atoms with Gasteiger partial charge in [0.2, 0.25) is 6.79 Å². The quantitative estimate of drug-likeness (QED) is 0.192. The molecule has 0 unspecified atom stereocenters. The Bertz CT molecular complexity index is 1440. The maximum Gasteiger partial charge on any atom is 0.328 e. The molecule has 2 atom stereocenters. The van der Waals surface area contributed by atoms with Crippen LogP contribution in [0.25, 0.3) is 0 Å². The van der Waals surface area contributed by atoms with Gasteiger partial charge in [-0.1, -0.05) is 0 Å². The predicted molar refractivity (Wildman–Crippen MR) is 161 cm³/mol. The number of rotatable bonds is 15. The van der Waals surface area contributed by atoms with E-state index in [4.69, 9.17) is 37.9 Å². The van der Waals surface area contributed by atoms with Crippen LogP contribution < -0.4 is 33.7 Å². The van der Waals surface area contributed by atoms with Crippen LogP contribution in [0.3, 0.4) is 0 Å². The topological polar surface area (TPSA) is 150 Å². The van der Waals surface area contributed by atoms with Crippen LogP contribution in [-0.2, 0) is 19.1 Å². The second-order valence-electron chi connectivity index (χ2n) is 9.62. The van der Waals surface area contributed by atoms with Gasteiger partial charge in [-0.3, -0.25) is 9.59 Å². The fourth-order valence-corrected chi connectivity index (χ4v) is 4.58. The summed E-state index contributed by atoms with van der Waals surface area (Å²) in [5, 5.41) is 2.58. The normalized spacial score (nSPS) is 11.9. The lowest BCUT2D eigenvalue weighted by Gasteiger charge is -2.29. The van der Waals surface area contributed by atoms with Crippen LogP contribution in [0, 0.1) is 0 Å². The van der Waals surface area contributed by atoms with Crippen LogP contribution in [-0.4, -0.2) is 77.3 Å². The van der Waals surface area contributed by atoms with E-state index in [1.807, 2.05) is 0 Å². The predicted octanol–water partition coefficient (Wildman–Crippen LogP) is 3.91. The Morgan fingerprint density at radius 3 is 1.82 bits per heavy atom. The zero-order valence-electron chi connectivity index (χ0n) is 26.5. The lowest BCUT2D eigenvalue weighted by Crippen LogP contribution is -2.41. The lowest BCUT2D eigenvalue weighted by atomic mass is 9.85. The number of ether oxygens (including phenoxy) is 8. The van der Waals surface area contributed by atoms with Crippen molar-refractivity contribution in [3.05, 3.63) is 65.5 Å². The molecule has 1 N–H and O–H groups in total. The number of hydrogen-bond acceptors (Lipinski definition) is 12. The molecule has 1 heterocycles. The molecular weight excluding hydrogens is 588 g/mol. The molecule has 1 amide bonds. The SMILES string of the molecule is COc1ccc(OC)c(C(c2cc(OC)ccc2OC)[C@H](C)OC(=O)[C@H](C)NC(=O)c2nccc(OC)c2OCOC(C)=O)c1. The van der Waals surface area contributed by atoms with Gasteiger partial charge in [0, 0.05) is 30.3 Å². The third-order valence-electron chi connectivity index (χ3n) is 6.79. The van der Waals surface area contributed by atoms with Gasteiger partial charge in [-0.15, -0.1) is 0 Å². The lowest BCUT2D eigenvalue weighted by molar-refractivity contribution is -0.151. The van der Waals surface area contributed by atoms with Crippen LogP contribution in [0.5, 0.6) is 34.5 Å². The Labute approximate surface area is 261 Å². The van der Waals surface area contributed by atoms with Crippen LogP contribution in [0.1, 0.15) is 48.3 Å². The molecule has 0 aliphatic carbocycles. The van der Waals surface area contributed by atoms with Gasteiger partial charge in [0.05, 0.1) is 41.5 Å². The summed E-state index contributed by atoms with van der Waals surface area (Å²) in [6, 6.07) is 11.0. The van der Waals surface area contributed by atoms with Crippen molar-refractivity contribution >= 4 is 17.8 Å². The minimum absolute atomic E-state index is 0.0667. The minimum Gasteiger partial charge on any atom is -0.497 e. The molecule has 2 aromatic carbocycles. The number of methoxy groups -OCH3 is 5. The highest BCUT2D eigenvalue weighted by Gasteiger charge is 2.33. The molecule has 1 aromatic heterocycles. The zero-order chi connectivity index (χ0) is 33.1. The van der Waals surface area contributed by atoms with E-state index in [0.29, 0.717) is 34.1 Å². The molecule has 0 aliphatic rings. The van der Waals surface area contributed by atoms with Crippen molar-refractivity contribution in [2.75, 3.05) is 42.3 Å². The summed E-state index contributed by atoms with van der Waals surface area (Å²) >= 11 is 0. The monoisotopic (exact) mass is 626 g/mol. The van der Waals surface area contributed by atoms with E-state index in [-0.39, 0.29) is 17.2 Å². The van der Waals surface area contributed by atoms with Gasteiger partial charge in [0.15, 0.2) is 17.2 Å². The molecule has 0 bridgehead atoms. The number of nitrogens with zero attached hydrogens (tertiary/aromatic N) is 1. The molecule has 0 spiro atoms. The second kappa shape index (κ2) is 16.0. The number of nitrogens with one attached hydrogen (secondary N) is 1. The number of hydrogen-bond donors (Lipinski definition) is 1. The Morgan fingerprint density at radius 2 is 1.33 bits per heavy atom. The summed E-state index contributed by atoms with van der Waals surface area (Å²) in [5.74, 6) is -0.376. The molecule has 0 aliphatic heterocycles. The van der Waals surface area contributed by atoms with Gasteiger partial charge in [-0.25, -0.2) is 9.78 Å². The van der Waals surface area contributed by atoms with Crippen molar-refractivity contribution in [3.8, 4) is 34.5 Å². The summed E-state index contributed by atoms with van der Waals surface area (Å²) in [7, 11) is 7.55. The number of amides is 1. The summed E-state index contributed by atoms with van der Waals surface area (Å²) in [6.45, 7) is 3.93. The highest BCUT2D eigenvalue weighted by molar-refractivity contribution is 5.98. The molecule has 13 nitrogen and oxygen atoms in total. The van der Waals surface area contributed by atoms with Crippen molar-refractivity contribution in [3.63, 3.8) is 0 Å². The molecule has 3 rings (SSSR count). The highest BCUT2D eigenvalue weighted by atomic mass is 16.7. The van der Waals surface area contributed by atoms with E-state index >= 15 is 0 Å². The van der Waals surface area contributed by atoms with Crippen molar-refractivity contribution < 1.29 is 52.3 Å². The second-order valence-corrected chi connectivity index (χ2v) is 9.62. The first-order valence-corrected chi connectivity index (χ1v) is 13.8. The number of carbonyl (C=O) groups excluding carboxylic acids is 3. The number of benzene rings is 2. The van der Waals surface area contributed by atoms with Gasteiger partial charge >= 0.3 is 11.9 Å². The van der Waals surface area contributed by atoms with Crippen LogP contribution >= 0.6 is 0 Å². The van der Waals surface area contributed by atoms with Crippen molar-refractivity contribution in [1.29, 1.82) is 0 Å².